The van der Waals surface area contributed by atoms with Gasteiger partial charge in [0.1, 0.15) is 6.10 Å². The minimum atomic E-state index is -0.196. The molecule has 0 aliphatic heterocycles. The summed E-state index contributed by atoms with van der Waals surface area (Å²) < 4.78 is 5.97. The molecule has 3 heteroatoms. The summed E-state index contributed by atoms with van der Waals surface area (Å²) in [4.78, 5) is 12.7. The minimum absolute atomic E-state index is 0.0401. The normalized spacial score (nSPS) is 24.7. The van der Waals surface area contributed by atoms with Crippen LogP contribution >= 0.6 is 0 Å². The second-order valence-electron chi connectivity index (χ2n) is 7.61. The molecule has 128 valence electrons. The molecule has 0 spiro atoms. The van der Waals surface area contributed by atoms with Crippen molar-refractivity contribution in [3.05, 3.63) is 29.8 Å². The third kappa shape index (κ3) is 4.73. The number of esters is 1. The van der Waals surface area contributed by atoms with Crippen LogP contribution in [0.3, 0.4) is 0 Å². The Morgan fingerprint density at radius 3 is 2.52 bits per heavy atom. The Bertz CT molecular complexity index is 524. The van der Waals surface area contributed by atoms with Crippen LogP contribution in [-0.2, 0) is 4.74 Å². The van der Waals surface area contributed by atoms with E-state index in [2.05, 4.69) is 39.9 Å². The van der Waals surface area contributed by atoms with E-state index >= 15 is 0 Å². The number of carbonyl (C=O) groups excluding carboxylic acids is 1. The number of hydrogen-bond acceptors (Lipinski definition) is 3. The largest absolute Gasteiger partial charge is 0.458 e. The highest BCUT2D eigenvalue weighted by molar-refractivity contribution is 5.95. The van der Waals surface area contributed by atoms with Gasteiger partial charge in [-0.1, -0.05) is 39.3 Å². The van der Waals surface area contributed by atoms with Gasteiger partial charge in [0, 0.05) is 11.7 Å². The topological polar surface area (TPSA) is 38.3 Å². The first-order valence-electron chi connectivity index (χ1n) is 8.95. The Morgan fingerprint density at radius 1 is 1.17 bits per heavy atom. The van der Waals surface area contributed by atoms with Gasteiger partial charge in [0.15, 0.2) is 0 Å². The molecule has 23 heavy (non-hydrogen) atoms. The van der Waals surface area contributed by atoms with Crippen molar-refractivity contribution < 1.29 is 9.53 Å². The van der Waals surface area contributed by atoms with Gasteiger partial charge in [-0.05, 0) is 56.6 Å². The van der Waals surface area contributed by atoms with Crippen LogP contribution in [0.1, 0.15) is 64.2 Å². The summed E-state index contributed by atoms with van der Waals surface area (Å²) in [6.07, 6.45) is 3.41. The number of hydrogen-bond donors (Lipinski definition) is 1. The zero-order valence-corrected chi connectivity index (χ0v) is 15.1. The molecule has 1 saturated carbocycles. The van der Waals surface area contributed by atoms with Crippen LogP contribution in [0.2, 0.25) is 0 Å². The van der Waals surface area contributed by atoms with Gasteiger partial charge in [-0.2, -0.15) is 0 Å². The van der Waals surface area contributed by atoms with Gasteiger partial charge in [0.25, 0.3) is 0 Å². The fourth-order valence-electron chi connectivity index (χ4n) is 3.55. The van der Waals surface area contributed by atoms with Crippen molar-refractivity contribution in [2.24, 2.45) is 17.8 Å². The number of benzene rings is 1. The summed E-state index contributed by atoms with van der Waals surface area (Å²) in [5.41, 5.74) is 1.50. The van der Waals surface area contributed by atoms with Gasteiger partial charge in [-0.15, -0.1) is 0 Å². The highest BCUT2D eigenvalue weighted by atomic mass is 16.5. The zero-order chi connectivity index (χ0) is 17.0. The van der Waals surface area contributed by atoms with Gasteiger partial charge in [0.05, 0.1) is 5.56 Å². The second kappa shape index (κ2) is 7.85. The molecule has 2 rings (SSSR count). The monoisotopic (exact) mass is 317 g/mol. The summed E-state index contributed by atoms with van der Waals surface area (Å²) in [6, 6.07) is 7.91. The molecule has 1 aromatic carbocycles. The molecule has 0 amide bonds. The number of carbonyl (C=O) groups is 1. The van der Waals surface area contributed by atoms with Crippen LogP contribution in [-0.4, -0.2) is 18.1 Å². The lowest BCUT2D eigenvalue weighted by Gasteiger charge is -2.36. The quantitative estimate of drug-likeness (QED) is 0.766. The Balaban J connectivity index is 2.14. The van der Waals surface area contributed by atoms with Gasteiger partial charge in [-0.25, -0.2) is 4.79 Å². The Kier molecular flexibility index (Phi) is 6.09. The molecule has 3 atom stereocenters. The van der Waals surface area contributed by atoms with Crippen LogP contribution in [0.15, 0.2) is 24.3 Å². The molecule has 1 aromatic rings. The van der Waals surface area contributed by atoms with Crippen molar-refractivity contribution in [3.8, 4) is 0 Å². The fraction of sp³-hybridized carbons (Fsp3) is 0.650. The van der Waals surface area contributed by atoms with Crippen LogP contribution < -0.4 is 5.32 Å². The summed E-state index contributed by atoms with van der Waals surface area (Å²) >= 11 is 0. The molecule has 3 unspecified atom stereocenters. The van der Waals surface area contributed by atoms with Crippen molar-refractivity contribution in [1.82, 2.24) is 0 Å². The molecule has 1 N–H and O–H groups in total. The maximum absolute atomic E-state index is 12.7. The maximum Gasteiger partial charge on any atom is 0.340 e. The van der Waals surface area contributed by atoms with Crippen molar-refractivity contribution in [2.45, 2.75) is 66.0 Å². The molecule has 0 bridgehead atoms. The van der Waals surface area contributed by atoms with E-state index in [0.717, 1.165) is 18.5 Å². The smallest absolute Gasteiger partial charge is 0.340 e. The van der Waals surface area contributed by atoms with Crippen LogP contribution in [0.5, 0.6) is 0 Å². The van der Waals surface area contributed by atoms with Crippen molar-refractivity contribution in [1.29, 1.82) is 0 Å². The first-order valence-corrected chi connectivity index (χ1v) is 8.95. The van der Waals surface area contributed by atoms with E-state index in [4.69, 9.17) is 4.74 Å². The van der Waals surface area contributed by atoms with E-state index < -0.39 is 0 Å². The predicted molar refractivity (Wildman–Crippen MR) is 95.7 cm³/mol. The van der Waals surface area contributed by atoms with Gasteiger partial charge < -0.3 is 10.1 Å². The molecular formula is C20H31NO2. The lowest BCUT2D eigenvalue weighted by Crippen LogP contribution is -2.36. The van der Waals surface area contributed by atoms with Crippen molar-refractivity contribution >= 4 is 11.7 Å². The third-order valence-electron chi connectivity index (χ3n) is 4.81. The fourth-order valence-corrected chi connectivity index (χ4v) is 3.55. The van der Waals surface area contributed by atoms with E-state index in [1.807, 2.05) is 24.3 Å². The molecule has 0 radical (unpaired) electrons. The highest BCUT2D eigenvalue weighted by Crippen LogP contribution is 2.36. The Morgan fingerprint density at radius 2 is 1.87 bits per heavy atom. The summed E-state index contributed by atoms with van der Waals surface area (Å²) in [5.74, 6) is 1.45. The van der Waals surface area contributed by atoms with Gasteiger partial charge >= 0.3 is 5.97 Å². The molecule has 0 aromatic heterocycles. The molecule has 3 nitrogen and oxygen atoms in total. The number of rotatable bonds is 5. The van der Waals surface area contributed by atoms with Gasteiger partial charge in [0.2, 0.25) is 0 Å². The summed E-state index contributed by atoms with van der Waals surface area (Å²) in [6.45, 7) is 10.9. The van der Waals surface area contributed by atoms with E-state index in [1.54, 1.807) is 0 Å². The molecule has 0 saturated heterocycles. The first kappa shape index (κ1) is 17.8. The average Bonchev–Trinajstić information content (AvgIpc) is 2.46. The van der Waals surface area contributed by atoms with E-state index in [0.29, 0.717) is 23.3 Å². The van der Waals surface area contributed by atoms with E-state index in [1.165, 1.54) is 6.42 Å². The zero-order valence-electron chi connectivity index (χ0n) is 15.1. The number of para-hydroxylation sites is 1. The Labute approximate surface area is 140 Å². The van der Waals surface area contributed by atoms with E-state index in [-0.39, 0.29) is 18.1 Å². The van der Waals surface area contributed by atoms with Crippen molar-refractivity contribution in [3.63, 3.8) is 0 Å². The Hall–Kier alpha value is -1.51. The number of anilines is 1. The SMILES string of the molecule is CC1CCC(C(C)C)C(OC(=O)c2ccccc2NC(C)C)C1. The lowest BCUT2D eigenvalue weighted by molar-refractivity contribution is -0.0173. The highest BCUT2D eigenvalue weighted by Gasteiger charge is 2.33. The summed E-state index contributed by atoms with van der Waals surface area (Å²) in [5, 5.41) is 3.33. The molecule has 0 heterocycles. The molecular weight excluding hydrogens is 286 g/mol. The molecule has 1 fully saturated rings. The van der Waals surface area contributed by atoms with E-state index in [9.17, 15) is 4.79 Å². The lowest BCUT2D eigenvalue weighted by atomic mass is 9.75. The molecule has 1 aliphatic carbocycles. The van der Waals surface area contributed by atoms with Crippen LogP contribution in [0.25, 0.3) is 0 Å². The van der Waals surface area contributed by atoms with Crippen LogP contribution in [0.4, 0.5) is 5.69 Å². The minimum Gasteiger partial charge on any atom is -0.458 e. The third-order valence-corrected chi connectivity index (χ3v) is 4.81. The number of ether oxygens (including phenoxy) is 1. The van der Waals surface area contributed by atoms with Gasteiger partial charge in [-0.3, -0.25) is 0 Å². The molecule has 1 aliphatic rings. The van der Waals surface area contributed by atoms with Crippen LogP contribution in [0, 0.1) is 17.8 Å². The standard InChI is InChI=1S/C20H31NO2/c1-13(2)16-11-10-15(5)12-19(16)23-20(22)17-8-6-7-9-18(17)21-14(3)4/h6-9,13-16,19,21H,10-12H2,1-5H3. The second-order valence-corrected chi connectivity index (χ2v) is 7.61. The first-order chi connectivity index (χ1) is 10.9. The summed E-state index contributed by atoms with van der Waals surface area (Å²) in [7, 11) is 0. The van der Waals surface area contributed by atoms with Crippen molar-refractivity contribution in [2.75, 3.05) is 5.32 Å². The average molecular weight is 317 g/mol. The number of nitrogens with one attached hydrogen (secondary N) is 1. The predicted octanol–water partition coefficient (Wildman–Crippen LogP) is 5.12. The maximum atomic E-state index is 12.7.